The van der Waals surface area contributed by atoms with Crippen molar-refractivity contribution >= 4 is 34.8 Å². The van der Waals surface area contributed by atoms with Crippen LogP contribution in [0.1, 0.15) is 16.7 Å². The molecule has 0 radical (unpaired) electrons. The zero-order valence-electron chi connectivity index (χ0n) is 11.3. The molecular weight excluding hydrogens is 293 g/mol. The van der Waals surface area contributed by atoms with Crippen LogP contribution in [0.3, 0.4) is 0 Å². The minimum atomic E-state index is -0.0996. The summed E-state index contributed by atoms with van der Waals surface area (Å²) >= 11 is 11.8. The van der Waals surface area contributed by atoms with Crippen LogP contribution >= 0.6 is 23.2 Å². The normalized spacial score (nSPS) is 10.4. The van der Waals surface area contributed by atoms with E-state index in [0.717, 1.165) is 5.56 Å². The Morgan fingerprint density at radius 1 is 1.05 bits per heavy atom. The summed E-state index contributed by atoms with van der Waals surface area (Å²) in [6.07, 6.45) is 0.320. The molecule has 0 saturated carbocycles. The van der Waals surface area contributed by atoms with Crippen molar-refractivity contribution < 1.29 is 4.79 Å². The number of carbonyl (C=O) groups excluding carboxylic acids is 1. The van der Waals surface area contributed by atoms with E-state index in [1.165, 1.54) is 11.1 Å². The van der Waals surface area contributed by atoms with Gasteiger partial charge in [0.2, 0.25) is 5.91 Å². The molecule has 0 aromatic heterocycles. The Bertz CT molecular complexity index is 653. The van der Waals surface area contributed by atoms with Gasteiger partial charge in [0.05, 0.1) is 17.1 Å². The summed E-state index contributed by atoms with van der Waals surface area (Å²) in [5, 5.41) is 3.77. The van der Waals surface area contributed by atoms with Gasteiger partial charge >= 0.3 is 0 Å². The largest absolute Gasteiger partial charge is 0.324 e. The highest BCUT2D eigenvalue weighted by molar-refractivity contribution is 6.36. The van der Waals surface area contributed by atoms with E-state index >= 15 is 0 Å². The monoisotopic (exact) mass is 307 g/mol. The second-order valence-corrected chi connectivity index (χ2v) is 5.61. The highest BCUT2D eigenvalue weighted by Crippen LogP contribution is 2.25. The number of aryl methyl sites for hydroxylation is 2. The minimum absolute atomic E-state index is 0.0996. The Labute approximate surface area is 128 Å². The summed E-state index contributed by atoms with van der Waals surface area (Å²) in [5.41, 5.74) is 3.95. The zero-order valence-corrected chi connectivity index (χ0v) is 12.8. The standard InChI is InChI=1S/C16H15Cl2NO/c1-10-3-4-12(7-11(10)2)8-16(20)19-15-6-5-13(17)9-14(15)18/h3-7,9H,8H2,1-2H3,(H,19,20). The number of carbonyl (C=O) groups is 1. The van der Waals surface area contributed by atoms with Gasteiger partial charge in [-0.25, -0.2) is 0 Å². The number of halogens is 2. The molecule has 0 aliphatic carbocycles. The van der Waals surface area contributed by atoms with Crippen LogP contribution in [0, 0.1) is 13.8 Å². The van der Waals surface area contributed by atoms with Crippen molar-refractivity contribution in [1.29, 1.82) is 0 Å². The third-order valence-electron chi connectivity index (χ3n) is 3.14. The van der Waals surface area contributed by atoms with Gasteiger partial charge in [-0.05, 0) is 48.7 Å². The number of nitrogens with one attached hydrogen (secondary N) is 1. The average Bonchev–Trinajstić information content (AvgIpc) is 2.37. The quantitative estimate of drug-likeness (QED) is 0.867. The van der Waals surface area contributed by atoms with Crippen LogP contribution in [0.15, 0.2) is 36.4 Å². The molecule has 0 saturated heterocycles. The Morgan fingerprint density at radius 2 is 1.80 bits per heavy atom. The summed E-state index contributed by atoms with van der Waals surface area (Å²) in [6, 6.07) is 11.0. The average molecular weight is 308 g/mol. The van der Waals surface area contributed by atoms with Crippen LogP contribution in [-0.2, 0) is 11.2 Å². The van der Waals surface area contributed by atoms with E-state index in [-0.39, 0.29) is 5.91 Å². The lowest BCUT2D eigenvalue weighted by atomic mass is 10.0. The first-order valence-electron chi connectivity index (χ1n) is 6.27. The highest BCUT2D eigenvalue weighted by atomic mass is 35.5. The molecule has 104 valence electrons. The number of amides is 1. The van der Waals surface area contributed by atoms with Gasteiger partial charge in [-0.3, -0.25) is 4.79 Å². The van der Waals surface area contributed by atoms with Crippen molar-refractivity contribution in [2.24, 2.45) is 0 Å². The van der Waals surface area contributed by atoms with Crippen LogP contribution in [0.2, 0.25) is 10.0 Å². The molecule has 0 aliphatic rings. The number of benzene rings is 2. The fourth-order valence-electron chi connectivity index (χ4n) is 1.88. The van der Waals surface area contributed by atoms with E-state index in [1.807, 2.05) is 32.0 Å². The maximum absolute atomic E-state index is 12.0. The lowest BCUT2D eigenvalue weighted by molar-refractivity contribution is -0.115. The Morgan fingerprint density at radius 3 is 2.45 bits per heavy atom. The Balaban J connectivity index is 2.07. The first-order chi connectivity index (χ1) is 9.45. The van der Waals surface area contributed by atoms with Crippen LogP contribution in [0.4, 0.5) is 5.69 Å². The summed E-state index contributed by atoms with van der Waals surface area (Å²) < 4.78 is 0. The third-order valence-corrected chi connectivity index (χ3v) is 3.69. The Hall–Kier alpha value is -1.51. The van der Waals surface area contributed by atoms with E-state index in [4.69, 9.17) is 23.2 Å². The molecule has 2 aromatic rings. The molecule has 0 unspecified atom stereocenters. The molecule has 1 amide bonds. The molecule has 4 heteroatoms. The van der Waals surface area contributed by atoms with Crippen LogP contribution < -0.4 is 5.32 Å². The minimum Gasteiger partial charge on any atom is -0.324 e. The topological polar surface area (TPSA) is 29.1 Å². The van der Waals surface area contributed by atoms with Crippen molar-refractivity contribution in [2.75, 3.05) is 5.32 Å². The summed E-state index contributed by atoms with van der Waals surface area (Å²) in [4.78, 5) is 12.0. The van der Waals surface area contributed by atoms with Gasteiger partial charge in [-0.2, -0.15) is 0 Å². The molecule has 0 bridgehead atoms. The summed E-state index contributed by atoms with van der Waals surface area (Å²) in [7, 11) is 0. The van der Waals surface area contributed by atoms with E-state index in [2.05, 4.69) is 5.32 Å². The number of anilines is 1. The fourth-order valence-corrected chi connectivity index (χ4v) is 2.34. The predicted molar refractivity (Wildman–Crippen MR) is 84.7 cm³/mol. The van der Waals surface area contributed by atoms with E-state index in [9.17, 15) is 4.79 Å². The molecule has 2 aromatic carbocycles. The van der Waals surface area contributed by atoms with Crippen molar-refractivity contribution in [3.63, 3.8) is 0 Å². The summed E-state index contributed by atoms with van der Waals surface area (Å²) in [6.45, 7) is 4.08. The van der Waals surface area contributed by atoms with Crippen LogP contribution in [-0.4, -0.2) is 5.91 Å². The van der Waals surface area contributed by atoms with Crippen molar-refractivity contribution in [3.8, 4) is 0 Å². The van der Waals surface area contributed by atoms with E-state index in [1.54, 1.807) is 18.2 Å². The molecule has 0 heterocycles. The van der Waals surface area contributed by atoms with Gasteiger partial charge in [0.15, 0.2) is 0 Å². The maximum atomic E-state index is 12.0. The van der Waals surface area contributed by atoms with Gasteiger partial charge < -0.3 is 5.32 Å². The lowest BCUT2D eigenvalue weighted by Crippen LogP contribution is -2.14. The fraction of sp³-hybridized carbons (Fsp3) is 0.188. The third kappa shape index (κ3) is 3.75. The van der Waals surface area contributed by atoms with Crippen molar-refractivity contribution in [1.82, 2.24) is 0 Å². The smallest absolute Gasteiger partial charge is 0.228 e. The number of rotatable bonds is 3. The van der Waals surface area contributed by atoms with Gasteiger partial charge in [0.1, 0.15) is 0 Å². The maximum Gasteiger partial charge on any atom is 0.228 e. The first kappa shape index (κ1) is 14.9. The van der Waals surface area contributed by atoms with E-state index in [0.29, 0.717) is 22.2 Å². The first-order valence-corrected chi connectivity index (χ1v) is 7.02. The lowest BCUT2D eigenvalue weighted by Gasteiger charge is -2.08. The zero-order chi connectivity index (χ0) is 14.7. The van der Waals surface area contributed by atoms with Gasteiger partial charge in [0.25, 0.3) is 0 Å². The highest BCUT2D eigenvalue weighted by Gasteiger charge is 2.08. The molecule has 1 N–H and O–H groups in total. The van der Waals surface area contributed by atoms with Gasteiger partial charge in [-0.15, -0.1) is 0 Å². The number of hydrogen-bond donors (Lipinski definition) is 1. The van der Waals surface area contributed by atoms with Gasteiger partial charge in [0, 0.05) is 5.02 Å². The molecule has 0 spiro atoms. The molecule has 0 aliphatic heterocycles. The van der Waals surface area contributed by atoms with Crippen LogP contribution in [0.25, 0.3) is 0 Å². The van der Waals surface area contributed by atoms with Crippen molar-refractivity contribution in [3.05, 3.63) is 63.1 Å². The summed E-state index contributed by atoms with van der Waals surface area (Å²) in [5.74, 6) is -0.0996. The number of hydrogen-bond acceptors (Lipinski definition) is 1. The Kier molecular flexibility index (Phi) is 4.69. The molecular formula is C16H15Cl2NO. The molecule has 20 heavy (non-hydrogen) atoms. The second-order valence-electron chi connectivity index (χ2n) is 4.77. The van der Waals surface area contributed by atoms with Gasteiger partial charge in [-0.1, -0.05) is 41.4 Å². The molecule has 0 atom stereocenters. The van der Waals surface area contributed by atoms with Crippen LogP contribution in [0.5, 0.6) is 0 Å². The molecule has 2 nitrogen and oxygen atoms in total. The molecule has 2 rings (SSSR count). The van der Waals surface area contributed by atoms with Crippen molar-refractivity contribution in [2.45, 2.75) is 20.3 Å². The molecule has 0 fully saturated rings. The second kappa shape index (κ2) is 6.29. The predicted octanol–water partition coefficient (Wildman–Crippen LogP) is 4.79. The SMILES string of the molecule is Cc1ccc(CC(=O)Nc2ccc(Cl)cc2Cl)cc1C. The van der Waals surface area contributed by atoms with E-state index < -0.39 is 0 Å².